The van der Waals surface area contributed by atoms with Crippen LogP contribution in [-0.2, 0) is 61.7 Å². The van der Waals surface area contributed by atoms with Gasteiger partial charge in [-0.3, -0.25) is 9.59 Å². The quantitative estimate of drug-likeness (QED) is 0.0682. The van der Waals surface area contributed by atoms with Crippen LogP contribution in [0.3, 0.4) is 0 Å². The van der Waals surface area contributed by atoms with Gasteiger partial charge in [-0.25, -0.2) is 0 Å². The summed E-state index contributed by atoms with van der Waals surface area (Å²) in [7, 11) is 0. The summed E-state index contributed by atoms with van der Waals surface area (Å²) in [6.07, 6.45) is -49.8. The van der Waals surface area contributed by atoms with Crippen molar-refractivity contribution >= 4 is 11.8 Å². The highest BCUT2D eigenvalue weighted by atomic mass is 16.8. The number of rotatable bonds is 16. The van der Waals surface area contributed by atoms with Crippen molar-refractivity contribution in [3.8, 4) is 0 Å². The van der Waals surface area contributed by atoms with Gasteiger partial charge in [0, 0.05) is 13.8 Å². The number of nitrogens with one attached hydrogen (secondary N) is 2. The summed E-state index contributed by atoms with van der Waals surface area (Å²) in [5.41, 5.74) is 0. The number of hydrogen-bond donors (Lipinski definition) is 18. The lowest BCUT2D eigenvalue weighted by Gasteiger charge is -2.49. The van der Waals surface area contributed by atoms with E-state index in [-0.39, 0.29) is 0 Å². The smallest absolute Gasteiger partial charge is 0.217 e. The predicted molar refractivity (Wildman–Crippen MR) is 220 cm³/mol. The highest BCUT2D eigenvalue weighted by Crippen LogP contribution is 2.36. The van der Waals surface area contributed by atoms with Crippen LogP contribution in [0.5, 0.6) is 0 Å². The monoisotopic (exact) mass is 1040 g/mol. The zero-order valence-electron chi connectivity index (χ0n) is 38.6. The van der Waals surface area contributed by atoms with E-state index in [1.807, 2.05) is 0 Å². The van der Waals surface area contributed by atoms with Crippen molar-refractivity contribution in [3.05, 3.63) is 0 Å². The minimum Gasteiger partial charge on any atom is -0.394 e. The molecule has 0 aliphatic carbocycles. The Morgan fingerprint density at radius 3 is 1.24 bits per heavy atom. The van der Waals surface area contributed by atoms with Gasteiger partial charge in [-0.05, 0) is 13.8 Å². The van der Waals surface area contributed by atoms with E-state index in [2.05, 4.69) is 10.6 Å². The van der Waals surface area contributed by atoms with Crippen LogP contribution in [0.2, 0.25) is 0 Å². The lowest BCUT2D eigenvalue weighted by atomic mass is 9.94. The Labute approximate surface area is 403 Å². The van der Waals surface area contributed by atoms with Crippen molar-refractivity contribution in [1.29, 1.82) is 0 Å². The van der Waals surface area contributed by atoms with Gasteiger partial charge in [0.1, 0.15) is 134 Å². The van der Waals surface area contributed by atoms with E-state index in [9.17, 15) is 91.3 Å². The van der Waals surface area contributed by atoms with Crippen molar-refractivity contribution in [1.82, 2.24) is 10.6 Å². The second-order valence-corrected chi connectivity index (χ2v) is 18.2. The molecule has 5 unspecified atom stereocenters. The number of ether oxygens (including phenoxy) is 11. The molecule has 0 radical (unpaired) electrons. The van der Waals surface area contributed by atoms with E-state index in [1.54, 1.807) is 0 Å². The molecule has 18 N–H and O–H groups in total. The van der Waals surface area contributed by atoms with Gasteiger partial charge in [-0.1, -0.05) is 0 Å². The maximum atomic E-state index is 12.6. The third-order valence-electron chi connectivity index (χ3n) is 13.1. The Morgan fingerprint density at radius 2 is 0.803 bits per heavy atom. The lowest BCUT2D eigenvalue weighted by molar-refractivity contribution is -0.385. The van der Waals surface area contributed by atoms with Crippen LogP contribution in [0.15, 0.2) is 0 Å². The van der Waals surface area contributed by atoms with Gasteiger partial charge in [-0.15, -0.1) is 0 Å². The summed E-state index contributed by atoms with van der Waals surface area (Å²) >= 11 is 0. The average molecular weight is 1040 g/mol. The molecule has 0 aromatic rings. The number of hydrogen-bond acceptors (Lipinski definition) is 29. The number of aliphatic hydroxyl groups excluding tert-OH is 16. The molecule has 30 atom stereocenters. The molecule has 31 nitrogen and oxygen atoms in total. The molecule has 71 heavy (non-hydrogen) atoms. The Balaban J connectivity index is 1.21. The van der Waals surface area contributed by atoms with Gasteiger partial charge in [0.05, 0.1) is 38.6 Å². The van der Waals surface area contributed by atoms with E-state index >= 15 is 0 Å². The third kappa shape index (κ3) is 12.6. The van der Waals surface area contributed by atoms with E-state index in [1.165, 1.54) is 13.8 Å². The van der Waals surface area contributed by atoms with Crippen molar-refractivity contribution in [2.24, 2.45) is 0 Å². The molecule has 6 aliphatic rings. The molecule has 6 fully saturated rings. The van der Waals surface area contributed by atoms with Gasteiger partial charge >= 0.3 is 0 Å². The molecule has 2 amide bonds. The van der Waals surface area contributed by atoms with Crippen LogP contribution >= 0.6 is 0 Å². The first-order valence-corrected chi connectivity index (χ1v) is 22.8. The Bertz CT molecular complexity index is 1710. The minimum atomic E-state index is -2.06. The molecule has 0 aromatic heterocycles. The molecular formula is C40H68N2O29. The number of aliphatic hydroxyl groups is 16. The van der Waals surface area contributed by atoms with Crippen LogP contribution in [0, 0.1) is 0 Å². The van der Waals surface area contributed by atoms with Gasteiger partial charge in [0.25, 0.3) is 0 Å². The molecule has 6 heterocycles. The zero-order valence-corrected chi connectivity index (χ0v) is 38.6. The summed E-state index contributed by atoms with van der Waals surface area (Å²) in [6, 6.07) is -3.33. The van der Waals surface area contributed by atoms with Crippen LogP contribution in [0.4, 0.5) is 0 Å². The minimum absolute atomic E-state index is 0.786. The molecule has 6 saturated heterocycles. The van der Waals surface area contributed by atoms with Crippen molar-refractivity contribution in [3.63, 3.8) is 0 Å². The fourth-order valence-corrected chi connectivity index (χ4v) is 9.07. The molecule has 412 valence electrons. The maximum Gasteiger partial charge on any atom is 0.217 e. The fraction of sp³-hybridized carbons (Fsp3) is 0.950. The largest absolute Gasteiger partial charge is 0.394 e. The van der Waals surface area contributed by atoms with Gasteiger partial charge in [-0.2, -0.15) is 0 Å². The summed E-state index contributed by atoms with van der Waals surface area (Å²) in [5.74, 6) is -1.58. The summed E-state index contributed by atoms with van der Waals surface area (Å²) in [4.78, 5) is 24.9. The van der Waals surface area contributed by atoms with E-state index in [0.29, 0.717) is 0 Å². The van der Waals surface area contributed by atoms with Crippen molar-refractivity contribution < 1.29 is 143 Å². The average Bonchev–Trinajstić information content (AvgIpc) is 3.32. The first kappa shape index (κ1) is 58.1. The lowest BCUT2D eigenvalue weighted by Crippen LogP contribution is -2.69. The highest BCUT2D eigenvalue weighted by Gasteiger charge is 2.57. The Kier molecular flexibility index (Phi) is 20.2. The normalized spacial score (nSPS) is 50.8. The molecule has 0 saturated carbocycles. The SMILES string of the molecule is CC(=O)N[C@@H]1[C@@H](OC2O[C@H](CO)[C@H](O)[C@H](O)[C@H]2OC2O[C@@H](C)[C@@H](O)[C@@H](O)[C@@H]2O)[C@@H](O)[C@@H](COC2O[C@H](CO)[C@@H](OC3O[C@H](CO)[C@H](O)[C@H](O)[C@H]3OC3O[C@@H](C)[C@@H](O)[C@@H](O)[C@@H]3O)[C@H](O)[C@H]2NC(C)=O)O[C@@H]1O. The number of carbonyl (C=O) groups excluding carboxylic acids is 2. The Morgan fingerprint density at radius 1 is 0.394 bits per heavy atom. The van der Waals surface area contributed by atoms with Crippen LogP contribution in [0.25, 0.3) is 0 Å². The van der Waals surface area contributed by atoms with E-state index in [0.717, 1.165) is 13.8 Å². The first-order valence-electron chi connectivity index (χ1n) is 22.8. The summed E-state index contributed by atoms with van der Waals surface area (Å²) in [6.45, 7) is 1.11. The zero-order chi connectivity index (χ0) is 52.5. The van der Waals surface area contributed by atoms with Crippen LogP contribution in [0.1, 0.15) is 27.7 Å². The van der Waals surface area contributed by atoms with Gasteiger partial charge < -0.3 is 144 Å². The number of carbonyl (C=O) groups is 2. The summed E-state index contributed by atoms with van der Waals surface area (Å²) in [5, 5.41) is 176. The van der Waals surface area contributed by atoms with Crippen LogP contribution < -0.4 is 10.6 Å². The molecule has 6 aliphatic heterocycles. The third-order valence-corrected chi connectivity index (χ3v) is 13.1. The standard InChI is InChI=1S/C40H68N2O29/c1-9-19(48)25(54)29(58)37(62-9)70-33-27(56)21(50)13(5-43)65-39(33)68-31-15(7-45)67-36(17(24(31)53)41-11(3)46)61-8-16-23(52)32(18(35(60)64-16)42-12(4)47)69-40-34(28(57)22(51)14(6-44)66-40)71-38-30(59)26(55)20(49)10(2)63-38/h9-10,13-40,43-45,48-60H,5-8H2,1-4H3,(H,41,46)(H,42,47)/t9-,10-,13+,14+,15+,16+,17+,18+,19+,20+,21-,22-,23-,24+,25+,26+,27-,28-,29-,30-,31+,32+,33+,34+,35-,36?,37?,38?,39?,40?/m0/s1. The Hall–Kier alpha value is -2.14. The van der Waals surface area contributed by atoms with E-state index < -0.39 is 222 Å². The second kappa shape index (κ2) is 24.7. The maximum absolute atomic E-state index is 12.6. The van der Waals surface area contributed by atoms with Crippen molar-refractivity contribution in [2.45, 2.75) is 212 Å². The van der Waals surface area contributed by atoms with Gasteiger partial charge in [0.15, 0.2) is 37.7 Å². The van der Waals surface area contributed by atoms with Gasteiger partial charge in [0.2, 0.25) is 11.8 Å². The van der Waals surface area contributed by atoms with E-state index in [4.69, 9.17) is 52.1 Å². The predicted octanol–water partition coefficient (Wildman–Crippen LogP) is -11.8. The second-order valence-electron chi connectivity index (χ2n) is 18.2. The first-order chi connectivity index (χ1) is 33.4. The van der Waals surface area contributed by atoms with Crippen molar-refractivity contribution in [2.75, 3.05) is 26.4 Å². The molecule has 6 rings (SSSR count). The summed E-state index contributed by atoms with van der Waals surface area (Å²) < 4.78 is 63.3. The molecule has 0 bridgehead atoms. The number of amides is 2. The molecule has 31 heteroatoms. The fourth-order valence-electron chi connectivity index (χ4n) is 9.07. The molecule has 0 aromatic carbocycles. The molecule has 0 spiro atoms. The topological polar surface area (TPSA) is 483 Å². The molecular weight excluding hydrogens is 972 g/mol. The van der Waals surface area contributed by atoms with Crippen LogP contribution in [-0.4, -0.2) is 304 Å². The highest BCUT2D eigenvalue weighted by molar-refractivity contribution is 5.73.